The van der Waals surface area contributed by atoms with Gasteiger partial charge in [-0.25, -0.2) is 0 Å². The first kappa shape index (κ1) is 12.5. The minimum Gasteiger partial charge on any atom is -0.872 e. The molecule has 0 aliphatic rings. The van der Waals surface area contributed by atoms with Gasteiger partial charge in [0.1, 0.15) is 5.69 Å². The van der Waals surface area contributed by atoms with Gasteiger partial charge in [-0.15, -0.1) is 22.7 Å². The van der Waals surface area contributed by atoms with Crippen LogP contribution in [0.15, 0.2) is 18.2 Å². The van der Waals surface area contributed by atoms with Crippen molar-refractivity contribution in [2.24, 2.45) is 0 Å². The van der Waals surface area contributed by atoms with Crippen LogP contribution in [-0.2, 0) is 0 Å². The fourth-order valence-electron chi connectivity index (χ4n) is 1.31. The summed E-state index contributed by atoms with van der Waals surface area (Å²) in [6.07, 6.45) is 0. The predicted molar refractivity (Wildman–Crippen MR) is 60.5 cm³/mol. The lowest BCUT2D eigenvalue weighted by Crippen LogP contribution is -2.35. The van der Waals surface area contributed by atoms with Gasteiger partial charge in [0.05, 0.1) is 21.1 Å². The molecule has 0 unspecified atom stereocenters. The van der Waals surface area contributed by atoms with Crippen molar-refractivity contribution in [2.45, 2.75) is 6.92 Å². The summed E-state index contributed by atoms with van der Waals surface area (Å²) in [6.45, 7) is 2.03. The molecule has 1 rings (SSSR count). The number of quaternary nitrogens is 1. The van der Waals surface area contributed by atoms with Crippen LogP contribution in [-0.4, -0.2) is 21.1 Å². The zero-order chi connectivity index (χ0) is 9.35. The summed E-state index contributed by atoms with van der Waals surface area (Å²) in [4.78, 5) is 0. The molecular formula is C10H16BrNO. The van der Waals surface area contributed by atoms with E-state index in [9.17, 15) is 5.11 Å². The van der Waals surface area contributed by atoms with E-state index in [4.69, 9.17) is 0 Å². The van der Waals surface area contributed by atoms with Gasteiger partial charge < -0.3 is 5.11 Å². The lowest BCUT2D eigenvalue weighted by Gasteiger charge is -2.26. The fraction of sp³-hybridized carbons (Fsp3) is 0.400. The second kappa shape index (κ2) is 4.11. The normalized spacial score (nSPS) is 10.8. The van der Waals surface area contributed by atoms with Gasteiger partial charge in [-0.05, 0) is 13.0 Å². The Balaban J connectivity index is 0.00000144. The zero-order valence-corrected chi connectivity index (χ0v) is 10.2. The van der Waals surface area contributed by atoms with Crippen molar-refractivity contribution in [2.75, 3.05) is 21.1 Å². The van der Waals surface area contributed by atoms with E-state index in [0.717, 1.165) is 5.69 Å². The highest BCUT2D eigenvalue weighted by Crippen LogP contribution is 2.24. The molecule has 3 heteroatoms. The Morgan fingerprint density at radius 2 is 1.69 bits per heavy atom. The van der Waals surface area contributed by atoms with Gasteiger partial charge >= 0.3 is 0 Å². The molecule has 0 atom stereocenters. The molecule has 0 fully saturated rings. The molecule has 2 nitrogen and oxygen atoms in total. The third-order valence-electron chi connectivity index (χ3n) is 1.90. The lowest BCUT2D eigenvalue weighted by molar-refractivity contribution is -0.268. The second-order valence-corrected chi connectivity index (χ2v) is 3.96. The Bertz CT molecular complexity index is 291. The zero-order valence-electron chi connectivity index (χ0n) is 8.50. The topological polar surface area (TPSA) is 23.1 Å². The Labute approximate surface area is 90.2 Å². The molecule has 1 aromatic rings. The first-order valence-corrected chi connectivity index (χ1v) is 4.01. The molecule has 0 aliphatic carbocycles. The Hall–Kier alpha value is -0.540. The minimum atomic E-state index is 0. The lowest BCUT2D eigenvalue weighted by atomic mass is 10.1. The Morgan fingerprint density at radius 3 is 2.08 bits per heavy atom. The van der Waals surface area contributed by atoms with Gasteiger partial charge in [0, 0.05) is 5.56 Å². The van der Waals surface area contributed by atoms with Crippen molar-refractivity contribution in [3.8, 4) is 5.75 Å². The van der Waals surface area contributed by atoms with Crippen molar-refractivity contribution in [3.63, 3.8) is 0 Å². The number of hydrogen-bond acceptors (Lipinski definition) is 1. The SMILES string of the molecule is Br.Cc1ccc([O-])cc1[N+](C)(C)C. The summed E-state index contributed by atoms with van der Waals surface area (Å²) in [5, 5.41) is 11.1. The number of rotatable bonds is 1. The highest BCUT2D eigenvalue weighted by Gasteiger charge is 2.13. The average molecular weight is 246 g/mol. The van der Waals surface area contributed by atoms with E-state index in [1.165, 1.54) is 5.56 Å². The molecule has 0 spiro atoms. The van der Waals surface area contributed by atoms with E-state index < -0.39 is 0 Å². The summed E-state index contributed by atoms with van der Waals surface area (Å²) in [5.41, 5.74) is 2.25. The maximum absolute atomic E-state index is 11.1. The van der Waals surface area contributed by atoms with Crippen LogP contribution in [0, 0.1) is 6.92 Å². The van der Waals surface area contributed by atoms with Crippen molar-refractivity contribution in [1.29, 1.82) is 0 Å². The van der Waals surface area contributed by atoms with Gasteiger partial charge in [-0.3, -0.25) is 4.48 Å². The van der Waals surface area contributed by atoms with Gasteiger partial charge in [0.25, 0.3) is 0 Å². The monoisotopic (exact) mass is 245 g/mol. The smallest absolute Gasteiger partial charge is 0.134 e. The molecule has 0 heterocycles. The molecule has 0 saturated carbocycles. The first-order valence-electron chi connectivity index (χ1n) is 4.01. The van der Waals surface area contributed by atoms with Crippen LogP contribution in [0.5, 0.6) is 5.75 Å². The summed E-state index contributed by atoms with van der Waals surface area (Å²) < 4.78 is 0.696. The molecule has 0 amide bonds. The van der Waals surface area contributed by atoms with E-state index in [2.05, 4.69) is 21.1 Å². The molecular weight excluding hydrogens is 230 g/mol. The number of aryl methyl sites for hydroxylation is 1. The van der Waals surface area contributed by atoms with E-state index in [0.29, 0.717) is 4.48 Å². The van der Waals surface area contributed by atoms with Crippen LogP contribution >= 0.6 is 17.0 Å². The highest BCUT2D eigenvalue weighted by atomic mass is 79.9. The van der Waals surface area contributed by atoms with Gasteiger partial charge in [0.2, 0.25) is 0 Å². The minimum absolute atomic E-state index is 0. The standard InChI is InChI=1S/C10H15NO.BrH/c1-8-5-6-9(12)7-10(8)11(2,3)4;/h5-7H,1-4H3;1H. The van der Waals surface area contributed by atoms with E-state index in [-0.39, 0.29) is 22.7 Å². The van der Waals surface area contributed by atoms with Gasteiger partial charge in [0.15, 0.2) is 0 Å². The van der Waals surface area contributed by atoms with Crippen LogP contribution in [0.2, 0.25) is 0 Å². The van der Waals surface area contributed by atoms with Crippen LogP contribution in [0.3, 0.4) is 0 Å². The Kier molecular flexibility index (Phi) is 3.94. The number of hydrogen-bond donors (Lipinski definition) is 0. The summed E-state index contributed by atoms with van der Waals surface area (Å²) in [7, 11) is 6.17. The maximum atomic E-state index is 11.1. The number of halogens is 1. The van der Waals surface area contributed by atoms with Crippen molar-refractivity contribution >= 4 is 22.7 Å². The fourth-order valence-corrected chi connectivity index (χ4v) is 1.31. The van der Waals surface area contributed by atoms with Crippen molar-refractivity contribution < 1.29 is 5.11 Å². The highest BCUT2D eigenvalue weighted by molar-refractivity contribution is 8.93. The molecule has 0 aliphatic heterocycles. The predicted octanol–water partition coefficient (Wildman–Crippen LogP) is 1.84. The maximum Gasteiger partial charge on any atom is 0.134 e. The summed E-state index contributed by atoms with van der Waals surface area (Å²) in [5.74, 6) is 0.0867. The van der Waals surface area contributed by atoms with Crippen LogP contribution in [0.4, 0.5) is 5.69 Å². The molecule has 0 bridgehead atoms. The first-order chi connectivity index (χ1) is 5.41. The van der Waals surface area contributed by atoms with Gasteiger partial charge in [-0.2, -0.15) is 0 Å². The van der Waals surface area contributed by atoms with Crippen LogP contribution < -0.4 is 9.59 Å². The number of nitrogens with zero attached hydrogens (tertiary/aromatic N) is 1. The van der Waals surface area contributed by atoms with E-state index in [1.807, 2.05) is 13.0 Å². The third kappa shape index (κ3) is 3.01. The van der Waals surface area contributed by atoms with Gasteiger partial charge in [-0.1, -0.05) is 12.1 Å². The van der Waals surface area contributed by atoms with Crippen molar-refractivity contribution in [3.05, 3.63) is 23.8 Å². The van der Waals surface area contributed by atoms with Crippen LogP contribution in [0.25, 0.3) is 0 Å². The third-order valence-corrected chi connectivity index (χ3v) is 1.90. The molecule has 74 valence electrons. The second-order valence-electron chi connectivity index (χ2n) is 3.96. The average Bonchev–Trinajstić information content (AvgIpc) is 1.92. The summed E-state index contributed by atoms with van der Waals surface area (Å²) >= 11 is 0. The molecule has 0 radical (unpaired) electrons. The van der Waals surface area contributed by atoms with E-state index in [1.54, 1.807) is 12.1 Å². The van der Waals surface area contributed by atoms with E-state index >= 15 is 0 Å². The van der Waals surface area contributed by atoms with Crippen molar-refractivity contribution in [1.82, 2.24) is 4.48 Å². The molecule has 0 aromatic heterocycles. The number of benzene rings is 1. The Morgan fingerprint density at radius 1 is 1.15 bits per heavy atom. The molecule has 0 N–H and O–H groups in total. The largest absolute Gasteiger partial charge is 0.872 e. The quantitative estimate of drug-likeness (QED) is 0.693. The molecule has 13 heavy (non-hydrogen) atoms. The summed E-state index contributed by atoms with van der Waals surface area (Å²) in [6, 6.07) is 5.19. The molecule has 1 aromatic carbocycles. The van der Waals surface area contributed by atoms with Crippen LogP contribution in [0.1, 0.15) is 5.56 Å². The molecule has 0 saturated heterocycles.